The van der Waals surface area contributed by atoms with Gasteiger partial charge in [0.2, 0.25) is 0 Å². The monoisotopic (exact) mass is 315 g/mol. The largest absolute Gasteiger partial charge is 0.511 e. The molecule has 2 aromatic rings. The first-order chi connectivity index (χ1) is 11.0. The number of benzene rings is 1. The van der Waals surface area contributed by atoms with E-state index in [2.05, 4.69) is 5.16 Å². The van der Waals surface area contributed by atoms with Crippen LogP contribution in [-0.2, 0) is 14.3 Å². The molecule has 0 fully saturated rings. The van der Waals surface area contributed by atoms with Crippen molar-refractivity contribution in [1.29, 1.82) is 0 Å². The summed E-state index contributed by atoms with van der Waals surface area (Å²) in [6.45, 7) is 3.66. The molecular formula is C17H17NO5. The van der Waals surface area contributed by atoms with Crippen LogP contribution >= 0.6 is 0 Å². The van der Waals surface area contributed by atoms with Crippen LogP contribution in [-0.4, -0.2) is 28.6 Å². The third-order valence-electron chi connectivity index (χ3n) is 4.06. The number of ether oxygens (including phenoxy) is 1. The molecule has 120 valence electrons. The Labute approximate surface area is 132 Å². The normalized spacial score (nSPS) is 21.7. The second-order valence-corrected chi connectivity index (χ2v) is 5.62. The van der Waals surface area contributed by atoms with Crippen molar-refractivity contribution >= 4 is 28.3 Å². The van der Waals surface area contributed by atoms with Crippen LogP contribution in [0.15, 0.2) is 34.5 Å². The van der Waals surface area contributed by atoms with Crippen molar-refractivity contribution in [3.05, 3.63) is 35.7 Å². The zero-order valence-electron chi connectivity index (χ0n) is 12.9. The summed E-state index contributed by atoms with van der Waals surface area (Å²) >= 11 is 0. The van der Waals surface area contributed by atoms with E-state index in [0.717, 1.165) is 0 Å². The minimum Gasteiger partial charge on any atom is -0.511 e. The maximum absolute atomic E-state index is 12.4. The number of esters is 1. The summed E-state index contributed by atoms with van der Waals surface area (Å²) in [6, 6.07) is 7.06. The standard InChI is InChI=1S/C17H17NO5/c1-3-22-17(21)13-9(2)8-11(19)14(16(13)20)15-10-6-4-5-7-12(10)23-18-15/h4-7,9,13,20H,3,8H2,1-2H3/t9-,13+/m0/s1. The van der Waals surface area contributed by atoms with Crippen LogP contribution in [0.25, 0.3) is 16.5 Å². The van der Waals surface area contributed by atoms with E-state index in [4.69, 9.17) is 9.26 Å². The van der Waals surface area contributed by atoms with Crippen molar-refractivity contribution in [3.8, 4) is 0 Å². The molecule has 1 aliphatic rings. The topological polar surface area (TPSA) is 89.6 Å². The van der Waals surface area contributed by atoms with Crippen molar-refractivity contribution < 1.29 is 24.0 Å². The number of nitrogens with zero attached hydrogens (tertiary/aromatic N) is 1. The molecule has 0 aliphatic heterocycles. The van der Waals surface area contributed by atoms with Crippen molar-refractivity contribution in [3.63, 3.8) is 0 Å². The number of aliphatic hydroxyl groups excluding tert-OH is 1. The average Bonchev–Trinajstić information content (AvgIpc) is 2.91. The lowest BCUT2D eigenvalue weighted by molar-refractivity contribution is -0.149. The molecule has 0 unspecified atom stereocenters. The highest BCUT2D eigenvalue weighted by Gasteiger charge is 2.41. The molecule has 2 atom stereocenters. The van der Waals surface area contributed by atoms with Gasteiger partial charge in [-0.25, -0.2) is 0 Å². The van der Waals surface area contributed by atoms with Crippen molar-refractivity contribution in [2.24, 2.45) is 11.8 Å². The first kappa shape index (κ1) is 15.3. The number of para-hydroxylation sites is 1. The Morgan fingerprint density at radius 3 is 2.91 bits per heavy atom. The van der Waals surface area contributed by atoms with Crippen molar-refractivity contribution in [2.45, 2.75) is 20.3 Å². The maximum atomic E-state index is 12.4. The zero-order valence-corrected chi connectivity index (χ0v) is 12.9. The number of hydrogen-bond donors (Lipinski definition) is 1. The highest BCUT2D eigenvalue weighted by atomic mass is 16.5. The quantitative estimate of drug-likeness (QED) is 0.876. The van der Waals surface area contributed by atoms with Gasteiger partial charge < -0.3 is 14.4 Å². The summed E-state index contributed by atoms with van der Waals surface area (Å²) in [5.74, 6) is -2.27. The number of allylic oxidation sites excluding steroid dienone is 1. The summed E-state index contributed by atoms with van der Waals surface area (Å²) in [5, 5.41) is 15.1. The van der Waals surface area contributed by atoms with Crippen LogP contribution in [0.5, 0.6) is 0 Å². The predicted octanol–water partition coefficient (Wildman–Crippen LogP) is 2.89. The fraction of sp³-hybridized carbons (Fsp3) is 0.353. The number of ketones is 1. The minimum absolute atomic E-state index is 0.0473. The van der Waals surface area contributed by atoms with E-state index in [-0.39, 0.29) is 41.8 Å². The Balaban J connectivity index is 2.15. The summed E-state index contributed by atoms with van der Waals surface area (Å²) in [7, 11) is 0. The SMILES string of the molecule is CCOC(=O)[C@H]1C(O)=C(c2noc3ccccc23)C(=O)C[C@@H]1C. The van der Waals surface area contributed by atoms with Crippen molar-refractivity contribution in [2.75, 3.05) is 6.61 Å². The van der Waals surface area contributed by atoms with Crippen LogP contribution in [0.2, 0.25) is 0 Å². The lowest BCUT2D eigenvalue weighted by Crippen LogP contribution is -2.33. The van der Waals surface area contributed by atoms with Gasteiger partial charge in [-0.15, -0.1) is 0 Å². The van der Waals surface area contributed by atoms with Gasteiger partial charge in [-0.1, -0.05) is 24.2 Å². The summed E-state index contributed by atoms with van der Waals surface area (Å²) in [5.41, 5.74) is 0.831. The molecule has 1 aromatic heterocycles. The van der Waals surface area contributed by atoms with Gasteiger partial charge in [-0.3, -0.25) is 9.59 Å². The molecule has 0 amide bonds. The molecule has 1 N–H and O–H groups in total. The van der Waals surface area contributed by atoms with E-state index < -0.39 is 11.9 Å². The van der Waals surface area contributed by atoms with Gasteiger partial charge in [0, 0.05) is 11.8 Å². The van der Waals surface area contributed by atoms with E-state index in [1.807, 2.05) is 0 Å². The molecule has 3 rings (SSSR count). The molecule has 0 saturated heterocycles. The summed E-state index contributed by atoms with van der Waals surface area (Å²) < 4.78 is 10.2. The van der Waals surface area contributed by atoms with E-state index in [0.29, 0.717) is 11.0 Å². The van der Waals surface area contributed by atoms with E-state index in [1.54, 1.807) is 38.1 Å². The molecule has 0 bridgehead atoms. The maximum Gasteiger partial charge on any atom is 0.316 e. The number of fused-ring (bicyclic) bond motifs is 1. The van der Waals surface area contributed by atoms with Crippen LogP contribution in [0.3, 0.4) is 0 Å². The Morgan fingerprint density at radius 2 is 2.17 bits per heavy atom. The van der Waals surface area contributed by atoms with Gasteiger partial charge >= 0.3 is 5.97 Å². The third kappa shape index (κ3) is 2.50. The van der Waals surface area contributed by atoms with Crippen molar-refractivity contribution in [1.82, 2.24) is 5.16 Å². The molecule has 1 heterocycles. The number of Topliss-reactive ketones (excluding diaryl/α,β-unsaturated/α-hetero) is 1. The fourth-order valence-corrected chi connectivity index (χ4v) is 2.98. The van der Waals surface area contributed by atoms with Gasteiger partial charge in [-0.2, -0.15) is 0 Å². The first-order valence-corrected chi connectivity index (χ1v) is 7.52. The second kappa shape index (κ2) is 5.87. The van der Waals surface area contributed by atoms with Crippen LogP contribution in [0.1, 0.15) is 26.0 Å². The number of aromatic nitrogens is 1. The molecule has 0 radical (unpaired) electrons. The molecule has 6 nitrogen and oxygen atoms in total. The predicted molar refractivity (Wildman–Crippen MR) is 82.5 cm³/mol. The fourth-order valence-electron chi connectivity index (χ4n) is 2.98. The smallest absolute Gasteiger partial charge is 0.316 e. The molecule has 0 saturated carbocycles. The molecule has 1 aliphatic carbocycles. The number of carbonyl (C=O) groups is 2. The number of aliphatic hydroxyl groups is 1. The van der Waals surface area contributed by atoms with Gasteiger partial charge in [0.1, 0.15) is 17.4 Å². The third-order valence-corrected chi connectivity index (χ3v) is 4.06. The molecule has 23 heavy (non-hydrogen) atoms. The number of rotatable bonds is 3. The van der Waals surface area contributed by atoms with Gasteiger partial charge in [0.05, 0.1) is 12.2 Å². The lowest BCUT2D eigenvalue weighted by atomic mass is 9.78. The second-order valence-electron chi connectivity index (χ2n) is 5.62. The minimum atomic E-state index is -0.863. The molecule has 6 heteroatoms. The Morgan fingerprint density at radius 1 is 1.43 bits per heavy atom. The number of carbonyl (C=O) groups excluding carboxylic acids is 2. The van der Waals surface area contributed by atoms with E-state index in [1.165, 1.54) is 0 Å². The van der Waals surface area contributed by atoms with E-state index in [9.17, 15) is 14.7 Å². The first-order valence-electron chi connectivity index (χ1n) is 7.52. The van der Waals surface area contributed by atoms with Gasteiger partial charge in [-0.05, 0) is 25.0 Å². The number of hydrogen-bond acceptors (Lipinski definition) is 6. The van der Waals surface area contributed by atoms with Crippen LogP contribution in [0.4, 0.5) is 0 Å². The van der Waals surface area contributed by atoms with Gasteiger partial charge in [0.15, 0.2) is 11.4 Å². The Kier molecular flexibility index (Phi) is 3.90. The Bertz CT molecular complexity index is 804. The van der Waals surface area contributed by atoms with Crippen LogP contribution < -0.4 is 0 Å². The highest BCUT2D eigenvalue weighted by molar-refractivity contribution is 6.24. The summed E-state index contributed by atoms with van der Waals surface area (Å²) in [4.78, 5) is 24.6. The lowest BCUT2D eigenvalue weighted by Gasteiger charge is -2.27. The van der Waals surface area contributed by atoms with Gasteiger partial charge in [0.25, 0.3) is 0 Å². The summed E-state index contributed by atoms with van der Waals surface area (Å²) in [6.07, 6.45) is 0.143. The van der Waals surface area contributed by atoms with E-state index >= 15 is 0 Å². The Hall–Kier alpha value is -2.63. The zero-order chi connectivity index (χ0) is 16.6. The molecular weight excluding hydrogens is 298 g/mol. The highest BCUT2D eigenvalue weighted by Crippen LogP contribution is 2.38. The van der Waals surface area contributed by atoms with Crippen LogP contribution in [0, 0.1) is 11.8 Å². The molecule has 0 spiro atoms. The average molecular weight is 315 g/mol. The molecule has 1 aromatic carbocycles.